The van der Waals surface area contributed by atoms with Crippen molar-refractivity contribution in [2.45, 2.75) is 25.5 Å². The predicted molar refractivity (Wildman–Crippen MR) is 91.9 cm³/mol. The number of carbonyl (C=O) groups excluding carboxylic acids is 1. The molecule has 3 saturated heterocycles. The summed E-state index contributed by atoms with van der Waals surface area (Å²) in [5.41, 5.74) is 0.855. The van der Waals surface area contributed by atoms with Crippen molar-refractivity contribution in [3.8, 4) is 5.75 Å². The highest BCUT2D eigenvalue weighted by Crippen LogP contribution is 2.27. The van der Waals surface area contributed by atoms with E-state index in [9.17, 15) is 13.6 Å². The van der Waals surface area contributed by atoms with E-state index in [-0.39, 0.29) is 24.2 Å². The molecular weight excluding hydrogens is 362 g/mol. The van der Waals surface area contributed by atoms with Crippen LogP contribution >= 0.6 is 0 Å². The van der Waals surface area contributed by atoms with Gasteiger partial charge in [-0.2, -0.15) is 13.9 Å². The molecule has 0 spiro atoms. The van der Waals surface area contributed by atoms with Gasteiger partial charge in [-0.05, 0) is 25.0 Å². The van der Waals surface area contributed by atoms with Gasteiger partial charge in [0, 0.05) is 43.7 Å². The number of rotatable bonds is 3. The highest BCUT2D eigenvalue weighted by Gasteiger charge is 2.33. The quantitative estimate of drug-likeness (QED) is 0.786. The lowest BCUT2D eigenvalue weighted by molar-refractivity contribution is -0.122. The lowest BCUT2D eigenvalue weighted by Crippen LogP contribution is -2.41. The number of hydrogen-bond acceptors (Lipinski definition) is 5. The van der Waals surface area contributed by atoms with Gasteiger partial charge in [-0.15, -0.1) is 0 Å². The topological polar surface area (TPSA) is 98.8 Å². The zero-order valence-electron chi connectivity index (χ0n) is 14.5. The number of halogens is 2. The molecule has 146 valence electrons. The van der Waals surface area contributed by atoms with Crippen molar-refractivity contribution in [3.63, 3.8) is 0 Å². The Kier molecular flexibility index (Phi) is 5.84. The van der Waals surface area contributed by atoms with Gasteiger partial charge < -0.3 is 19.6 Å². The van der Waals surface area contributed by atoms with Gasteiger partial charge in [-0.3, -0.25) is 14.7 Å². The van der Waals surface area contributed by atoms with Gasteiger partial charge in [-0.25, -0.2) is 0 Å². The zero-order chi connectivity index (χ0) is 19.4. The number of aromatic amines is 1. The van der Waals surface area contributed by atoms with E-state index in [0.29, 0.717) is 23.1 Å². The molecule has 3 aliphatic rings. The van der Waals surface area contributed by atoms with E-state index in [2.05, 4.69) is 19.8 Å². The van der Waals surface area contributed by atoms with E-state index in [1.165, 1.54) is 12.1 Å². The minimum atomic E-state index is -2.88. The Morgan fingerprint density at radius 3 is 2.67 bits per heavy atom. The van der Waals surface area contributed by atoms with Crippen molar-refractivity contribution in [2.75, 3.05) is 26.2 Å². The number of amides is 1. The number of piperidine rings is 1. The summed E-state index contributed by atoms with van der Waals surface area (Å²) in [6, 6.07) is 4.72. The Morgan fingerprint density at radius 2 is 2.00 bits per heavy atom. The van der Waals surface area contributed by atoms with Crippen LogP contribution in [-0.4, -0.2) is 76.3 Å². The van der Waals surface area contributed by atoms with E-state index in [0.717, 1.165) is 32.5 Å². The number of carboxylic acid groups (broad SMARTS) is 1. The van der Waals surface area contributed by atoms with Gasteiger partial charge in [0.1, 0.15) is 5.75 Å². The highest BCUT2D eigenvalue weighted by molar-refractivity contribution is 6.05. The SMILES string of the molecule is O=C(c1n[nH]c2cc(OC(F)F)ccc12)N1CCN2CCC1CC2.O=CO. The molecule has 3 fully saturated rings. The molecule has 1 amide bonds. The molecule has 8 nitrogen and oxygen atoms in total. The Morgan fingerprint density at radius 1 is 1.30 bits per heavy atom. The standard InChI is InChI=1S/C16H18F2N4O2.CH2O2/c17-16(18)24-11-1-2-12-13(9-11)19-20-14(12)15(23)22-8-7-21-5-3-10(22)4-6-21;2-1-3/h1-2,9-10,16H,3-8H2,(H,19,20);1H,(H,2,3). The minimum absolute atomic E-state index is 0.0429. The van der Waals surface area contributed by atoms with Crippen molar-refractivity contribution in [2.24, 2.45) is 0 Å². The summed E-state index contributed by atoms with van der Waals surface area (Å²) >= 11 is 0. The molecule has 3 aliphatic heterocycles. The van der Waals surface area contributed by atoms with Crippen molar-refractivity contribution in [1.29, 1.82) is 0 Å². The maximum atomic E-state index is 13.0. The van der Waals surface area contributed by atoms with E-state index in [1.807, 2.05) is 4.90 Å². The van der Waals surface area contributed by atoms with E-state index < -0.39 is 6.61 Å². The molecule has 10 heteroatoms. The Labute approximate surface area is 153 Å². The number of nitrogens with zero attached hydrogens (tertiary/aromatic N) is 3. The lowest BCUT2D eigenvalue weighted by atomic mass is 10.0. The molecule has 2 bridgehead atoms. The second-order valence-corrected chi connectivity index (χ2v) is 6.33. The molecule has 0 radical (unpaired) electrons. The summed E-state index contributed by atoms with van der Waals surface area (Å²) in [7, 11) is 0. The minimum Gasteiger partial charge on any atom is -0.483 e. The third-order valence-corrected chi connectivity index (χ3v) is 4.88. The first-order valence-corrected chi connectivity index (χ1v) is 8.57. The van der Waals surface area contributed by atoms with Crippen LogP contribution in [0.5, 0.6) is 5.75 Å². The smallest absolute Gasteiger partial charge is 0.387 e. The van der Waals surface area contributed by atoms with Crippen LogP contribution in [0.1, 0.15) is 23.3 Å². The fourth-order valence-corrected chi connectivity index (χ4v) is 3.63. The van der Waals surface area contributed by atoms with Crippen molar-refractivity contribution < 1.29 is 28.2 Å². The number of alkyl halides is 2. The first kappa shape index (κ1) is 19.0. The summed E-state index contributed by atoms with van der Waals surface area (Å²) in [6.45, 7) is 0.518. The fourth-order valence-electron chi connectivity index (χ4n) is 3.63. The second-order valence-electron chi connectivity index (χ2n) is 6.33. The Hall–Kier alpha value is -2.75. The normalized spacial score (nSPS) is 21.5. The molecule has 4 heterocycles. The van der Waals surface area contributed by atoms with Gasteiger partial charge in [0.05, 0.1) is 5.52 Å². The number of benzene rings is 1. The molecule has 0 atom stereocenters. The van der Waals surface area contributed by atoms with E-state index >= 15 is 0 Å². The number of carbonyl (C=O) groups is 2. The van der Waals surface area contributed by atoms with E-state index in [1.54, 1.807) is 6.07 Å². The van der Waals surface area contributed by atoms with Crippen molar-refractivity contribution >= 4 is 23.3 Å². The number of fused-ring (bicyclic) bond motifs is 5. The molecule has 27 heavy (non-hydrogen) atoms. The Balaban J connectivity index is 0.000000659. The van der Waals surface area contributed by atoms with Crippen LogP contribution in [0.4, 0.5) is 8.78 Å². The predicted octanol–water partition coefficient (Wildman–Crippen LogP) is 1.79. The number of nitrogens with one attached hydrogen (secondary N) is 1. The van der Waals surface area contributed by atoms with Crippen molar-refractivity contribution in [1.82, 2.24) is 20.0 Å². The third kappa shape index (κ3) is 4.16. The largest absolute Gasteiger partial charge is 0.483 e. The highest BCUT2D eigenvalue weighted by atomic mass is 19.3. The van der Waals surface area contributed by atoms with Gasteiger partial charge in [-0.1, -0.05) is 0 Å². The second kappa shape index (κ2) is 8.30. The molecule has 2 aromatic rings. The first-order valence-electron chi connectivity index (χ1n) is 8.57. The molecular formula is C17H20F2N4O4. The molecule has 0 unspecified atom stereocenters. The molecule has 2 N–H and O–H groups in total. The first-order chi connectivity index (χ1) is 13.0. The number of hydrogen-bond donors (Lipinski definition) is 2. The van der Waals surface area contributed by atoms with Crippen LogP contribution in [0.2, 0.25) is 0 Å². The number of ether oxygens (including phenoxy) is 1. The van der Waals surface area contributed by atoms with Gasteiger partial charge in [0.15, 0.2) is 5.69 Å². The third-order valence-electron chi connectivity index (χ3n) is 4.88. The maximum absolute atomic E-state index is 13.0. The summed E-state index contributed by atoms with van der Waals surface area (Å²) < 4.78 is 29.0. The van der Waals surface area contributed by atoms with Crippen LogP contribution in [-0.2, 0) is 4.79 Å². The molecule has 0 saturated carbocycles. The maximum Gasteiger partial charge on any atom is 0.387 e. The molecule has 5 rings (SSSR count). The van der Waals surface area contributed by atoms with Crippen LogP contribution in [0, 0.1) is 0 Å². The fraction of sp³-hybridized carbons (Fsp3) is 0.471. The van der Waals surface area contributed by atoms with Gasteiger partial charge >= 0.3 is 6.61 Å². The summed E-state index contributed by atoms with van der Waals surface area (Å²) in [5.74, 6) is -0.0566. The molecule has 1 aromatic heterocycles. The van der Waals surface area contributed by atoms with Crippen LogP contribution in [0.25, 0.3) is 10.9 Å². The average molecular weight is 382 g/mol. The molecule has 1 aromatic carbocycles. The lowest BCUT2D eigenvalue weighted by Gasteiger charge is -2.31. The zero-order valence-corrected chi connectivity index (χ0v) is 14.5. The van der Waals surface area contributed by atoms with Crippen LogP contribution in [0.15, 0.2) is 18.2 Å². The molecule has 0 aliphatic carbocycles. The Bertz CT molecular complexity index is 805. The van der Waals surface area contributed by atoms with Gasteiger partial charge in [0.25, 0.3) is 12.4 Å². The number of aromatic nitrogens is 2. The summed E-state index contributed by atoms with van der Waals surface area (Å²) in [4.78, 5) is 25.6. The summed E-state index contributed by atoms with van der Waals surface area (Å²) in [6.07, 6.45) is 1.97. The van der Waals surface area contributed by atoms with Crippen LogP contribution < -0.4 is 4.74 Å². The summed E-state index contributed by atoms with van der Waals surface area (Å²) in [5, 5.41) is 14.4. The van der Waals surface area contributed by atoms with Crippen LogP contribution in [0.3, 0.4) is 0 Å². The van der Waals surface area contributed by atoms with Crippen molar-refractivity contribution in [3.05, 3.63) is 23.9 Å². The van der Waals surface area contributed by atoms with E-state index in [4.69, 9.17) is 9.90 Å². The average Bonchev–Trinajstić information content (AvgIpc) is 2.82. The monoisotopic (exact) mass is 382 g/mol. The van der Waals surface area contributed by atoms with Gasteiger partial charge in [0.2, 0.25) is 0 Å². The number of H-pyrrole nitrogens is 1.